The Bertz CT molecular complexity index is 755. The molecule has 0 radical (unpaired) electrons. The zero-order valence-corrected chi connectivity index (χ0v) is 14.6. The third-order valence-electron chi connectivity index (χ3n) is 4.27. The lowest BCUT2D eigenvalue weighted by Gasteiger charge is -2.43. The lowest BCUT2D eigenvalue weighted by molar-refractivity contribution is -0.232. The van der Waals surface area contributed by atoms with Gasteiger partial charge in [-0.15, -0.1) is 0 Å². The molecule has 2 heterocycles. The highest BCUT2D eigenvalue weighted by molar-refractivity contribution is 7.17. The number of nitrogens with zero attached hydrogens (tertiary/aromatic N) is 1. The van der Waals surface area contributed by atoms with Gasteiger partial charge >= 0.3 is 0 Å². The predicted molar refractivity (Wildman–Crippen MR) is 94.0 cm³/mol. The van der Waals surface area contributed by atoms with Crippen LogP contribution in [0.25, 0.3) is 0 Å². The number of carbonyl (C=O) groups excluding carboxylic acids is 1. The van der Waals surface area contributed by atoms with Crippen LogP contribution in [0, 0.1) is 0 Å². The highest BCUT2D eigenvalue weighted by Crippen LogP contribution is 2.29. The van der Waals surface area contributed by atoms with Gasteiger partial charge in [-0.2, -0.15) is 0 Å². The number of thiazole rings is 1. The zero-order valence-electron chi connectivity index (χ0n) is 13.8. The van der Waals surface area contributed by atoms with Crippen molar-refractivity contribution in [2.45, 2.75) is 30.5 Å². The maximum absolute atomic E-state index is 12.4. The Morgan fingerprint density at radius 2 is 2.08 bits per heavy atom. The monoisotopic (exact) mass is 380 g/mol. The Kier molecular flexibility index (Phi) is 5.66. The predicted octanol–water partition coefficient (Wildman–Crippen LogP) is -0.0224. The van der Waals surface area contributed by atoms with Crippen LogP contribution in [0.4, 0.5) is 5.13 Å². The minimum Gasteiger partial charge on any atom is -0.396 e. The molecule has 1 aliphatic heterocycles. The molecule has 8 nitrogen and oxygen atoms in total. The topological polar surface area (TPSA) is 132 Å². The van der Waals surface area contributed by atoms with Crippen molar-refractivity contribution in [1.29, 1.82) is 0 Å². The maximum atomic E-state index is 12.4. The van der Waals surface area contributed by atoms with E-state index in [9.17, 15) is 20.1 Å². The van der Waals surface area contributed by atoms with Gasteiger partial charge in [0, 0.05) is 18.6 Å². The summed E-state index contributed by atoms with van der Waals surface area (Å²) in [5.74, 6) is -0.168. The summed E-state index contributed by atoms with van der Waals surface area (Å²) in [5.41, 5.74) is -1.18. The van der Waals surface area contributed by atoms with Crippen LogP contribution in [-0.2, 0) is 4.74 Å². The van der Waals surface area contributed by atoms with Crippen molar-refractivity contribution >= 4 is 22.3 Å². The molecule has 4 atom stereocenters. The summed E-state index contributed by atoms with van der Waals surface area (Å²) in [6.45, 7) is -0.607. The van der Waals surface area contributed by atoms with E-state index in [1.54, 1.807) is 24.3 Å². The van der Waals surface area contributed by atoms with Gasteiger partial charge in [0.2, 0.25) is 5.78 Å². The van der Waals surface area contributed by atoms with E-state index in [2.05, 4.69) is 10.3 Å². The van der Waals surface area contributed by atoms with Crippen LogP contribution in [0.1, 0.15) is 21.7 Å². The first-order valence-electron chi connectivity index (χ1n) is 8.08. The fraction of sp³-hybridized carbons (Fsp3) is 0.412. The minimum atomic E-state index is -1.72. The Balaban J connectivity index is 1.67. The Morgan fingerprint density at radius 1 is 1.35 bits per heavy atom. The Hall–Kier alpha value is -1.88. The van der Waals surface area contributed by atoms with Crippen LogP contribution < -0.4 is 5.32 Å². The standard InChI is InChI=1S/C17H20N2O6S/c20-7-6-17(24)9-25-15(13(22)14(17)23)19-16-18-8-11(26-16)12(21)10-4-2-1-3-5-10/h1-5,8,13-15,20,22-24H,6-7,9H2,(H,18,19). The largest absolute Gasteiger partial charge is 0.396 e. The van der Waals surface area contributed by atoms with E-state index in [1.165, 1.54) is 6.20 Å². The number of aliphatic hydroxyl groups excluding tert-OH is 3. The summed E-state index contributed by atoms with van der Waals surface area (Å²) in [4.78, 5) is 16.9. The second kappa shape index (κ2) is 7.78. The van der Waals surface area contributed by atoms with E-state index in [4.69, 9.17) is 9.84 Å². The second-order valence-electron chi connectivity index (χ2n) is 6.11. The summed E-state index contributed by atoms with van der Waals surface area (Å²) in [6.07, 6.45) is -2.63. The molecule has 1 aromatic heterocycles. The van der Waals surface area contributed by atoms with E-state index >= 15 is 0 Å². The smallest absolute Gasteiger partial charge is 0.204 e. The molecule has 3 rings (SSSR count). The van der Waals surface area contributed by atoms with E-state index in [0.717, 1.165) is 11.3 Å². The summed E-state index contributed by atoms with van der Waals surface area (Å²) >= 11 is 1.10. The van der Waals surface area contributed by atoms with Crippen LogP contribution in [0.15, 0.2) is 36.5 Å². The van der Waals surface area contributed by atoms with Crippen LogP contribution in [0.5, 0.6) is 0 Å². The first-order chi connectivity index (χ1) is 12.4. The molecule has 9 heteroatoms. The zero-order chi connectivity index (χ0) is 18.7. The number of hydrogen-bond acceptors (Lipinski definition) is 9. The molecule has 2 aromatic rings. The van der Waals surface area contributed by atoms with Crippen molar-refractivity contribution in [1.82, 2.24) is 4.98 Å². The van der Waals surface area contributed by atoms with Gasteiger partial charge < -0.3 is 30.5 Å². The molecule has 0 aliphatic carbocycles. The number of aliphatic hydroxyl groups is 4. The molecule has 0 bridgehead atoms. The average molecular weight is 380 g/mol. The lowest BCUT2D eigenvalue weighted by Crippen LogP contribution is -2.63. The molecule has 1 aliphatic rings. The van der Waals surface area contributed by atoms with Gasteiger partial charge in [-0.05, 0) is 0 Å². The van der Waals surface area contributed by atoms with Crippen molar-refractivity contribution in [3.05, 3.63) is 47.0 Å². The van der Waals surface area contributed by atoms with Gasteiger partial charge in [0.25, 0.3) is 0 Å². The first-order valence-corrected chi connectivity index (χ1v) is 8.89. The number of benzene rings is 1. The summed E-state index contributed by atoms with van der Waals surface area (Å²) in [5, 5.41) is 42.6. The van der Waals surface area contributed by atoms with E-state index in [0.29, 0.717) is 15.6 Å². The molecular weight excluding hydrogens is 360 g/mol. The fourth-order valence-electron chi connectivity index (χ4n) is 2.74. The van der Waals surface area contributed by atoms with Gasteiger partial charge in [-0.1, -0.05) is 41.7 Å². The number of hydrogen-bond donors (Lipinski definition) is 5. The van der Waals surface area contributed by atoms with Gasteiger partial charge in [0.05, 0.1) is 17.7 Å². The second-order valence-corrected chi connectivity index (χ2v) is 7.14. The van der Waals surface area contributed by atoms with E-state index < -0.39 is 24.0 Å². The normalized spacial score (nSPS) is 28.7. The minimum absolute atomic E-state index is 0.120. The fourth-order valence-corrected chi connectivity index (χ4v) is 3.55. The number of nitrogens with one attached hydrogen (secondary N) is 1. The maximum Gasteiger partial charge on any atom is 0.204 e. The van der Waals surface area contributed by atoms with Crippen molar-refractivity contribution in [2.24, 2.45) is 0 Å². The number of anilines is 1. The molecule has 0 spiro atoms. The van der Waals surface area contributed by atoms with E-state index in [1.807, 2.05) is 6.07 Å². The van der Waals surface area contributed by atoms with Gasteiger partial charge in [0.1, 0.15) is 17.8 Å². The molecule has 1 saturated heterocycles. The molecule has 0 amide bonds. The van der Waals surface area contributed by atoms with Gasteiger partial charge in [0.15, 0.2) is 11.4 Å². The molecule has 1 aromatic carbocycles. The molecule has 1 fully saturated rings. The number of carbonyl (C=O) groups is 1. The van der Waals surface area contributed by atoms with E-state index in [-0.39, 0.29) is 25.4 Å². The van der Waals surface area contributed by atoms with Crippen molar-refractivity contribution in [3.63, 3.8) is 0 Å². The summed E-state index contributed by atoms with van der Waals surface area (Å²) in [7, 11) is 0. The Labute approximate surface area is 153 Å². The van der Waals surface area contributed by atoms with Crippen LogP contribution in [0.2, 0.25) is 0 Å². The lowest BCUT2D eigenvalue weighted by atomic mass is 9.87. The van der Waals surface area contributed by atoms with Crippen molar-refractivity contribution in [3.8, 4) is 0 Å². The summed E-state index contributed by atoms with van der Waals surface area (Å²) < 4.78 is 5.39. The number of ether oxygens (including phenoxy) is 1. The third kappa shape index (κ3) is 3.78. The number of ketones is 1. The molecule has 26 heavy (non-hydrogen) atoms. The molecule has 140 valence electrons. The van der Waals surface area contributed by atoms with Crippen molar-refractivity contribution in [2.75, 3.05) is 18.5 Å². The van der Waals surface area contributed by atoms with Gasteiger partial charge in [-0.3, -0.25) is 4.79 Å². The van der Waals surface area contributed by atoms with Gasteiger partial charge in [-0.25, -0.2) is 4.98 Å². The summed E-state index contributed by atoms with van der Waals surface area (Å²) in [6, 6.07) is 8.79. The first kappa shape index (κ1) is 18.9. The molecular formula is C17H20N2O6S. The van der Waals surface area contributed by atoms with Crippen LogP contribution >= 0.6 is 11.3 Å². The highest BCUT2D eigenvalue weighted by atomic mass is 32.1. The highest BCUT2D eigenvalue weighted by Gasteiger charge is 2.48. The van der Waals surface area contributed by atoms with Crippen molar-refractivity contribution < 1.29 is 30.0 Å². The molecule has 4 unspecified atom stereocenters. The average Bonchev–Trinajstić information content (AvgIpc) is 3.11. The number of aromatic nitrogens is 1. The SMILES string of the molecule is O=C(c1ccccc1)c1cnc(NC2OCC(O)(CCO)C(O)C2O)s1. The van der Waals surface area contributed by atoms with Crippen LogP contribution in [-0.4, -0.2) is 68.4 Å². The Morgan fingerprint density at radius 3 is 2.77 bits per heavy atom. The van der Waals surface area contributed by atoms with Crippen LogP contribution in [0.3, 0.4) is 0 Å². The third-order valence-corrected chi connectivity index (χ3v) is 5.20. The quantitative estimate of drug-likeness (QED) is 0.442. The number of rotatable bonds is 6. The molecule has 5 N–H and O–H groups in total. The molecule has 0 saturated carbocycles.